The molecule has 12 nitrogen and oxygen atoms in total. The van der Waals surface area contributed by atoms with Gasteiger partial charge in [0.1, 0.15) is 60.9 Å². The van der Waals surface area contributed by atoms with Crippen LogP contribution in [0.3, 0.4) is 0 Å². The van der Waals surface area contributed by atoms with E-state index in [1.807, 2.05) is 0 Å². The van der Waals surface area contributed by atoms with Gasteiger partial charge in [-0.15, -0.1) is 0 Å². The molecule has 9 aromatic rings. The zero-order valence-corrected chi connectivity index (χ0v) is 71.4. The fraction of sp³-hybridized carbons (Fsp3) is 0.423. The monoisotopic (exact) mass is 1560 g/mol. The van der Waals surface area contributed by atoms with E-state index < -0.39 is 0 Å². The molecule has 12 heteroatoms. The second-order valence-corrected chi connectivity index (χ2v) is 32.2. The van der Waals surface area contributed by atoms with Crippen molar-refractivity contribution in [2.24, 2.45) is 0 Å². The van der Waals surface area contributed by atoms with Gasteiger partial charge in [0, 0.05) is 39.3 Å². The van der Waals surface area contributed by atoms with E-state index in [9.17, 15) is 0 Å². The first kappa shape index (κ1) is 86.1. The molecule has 0 spiro atoms. The molecule has 0 atom stereocenters. The Balaban J connectivity index is 0.000000161. The molecule has 0 amide bonds. The number of ether oxygens (including phenoxy) is 6. The summed E-state index contributed by atoms with van der Waals surface area (Å²) >= 11 is 0. The third-order valence-corrected chi connectivity index (χ3v) is 23.6. The predicted molar refractivity (Wildman–Crippen MR) is 485 cm³/mol. The number of rotatable bonds is 36. The van der Waals surface area contributed by atoms with E-state index in [0.29, 0.717) is 13.2 Å². The first-order valence-corrected chi connectivity index (χ1v) is 44.0. The molecular formula is C104H132N6O6. The highest BCUT2D eigenvalue weighted by Crippen LogP contribution is 2.46. The lowest BCUT2D eigenvalue weighted by Crippen LogP contribution is -2.29. The van der Waals surface area contributed by atoms with Crippen molar-refractivity contribution in [3.8, 4) is 34.5 Å². The van der Waals surface area contributed by atoms with Crippen LogP contribution in [-0.2, 0) is 19.3 Å². The molecule has 614 valence electrons. The Kier molecular flexibility index (Phi) is 34.2. The fourth-order valence-electron chi connectivity index (χ4n) is 17.0. The highest BCUT2D eigenvalue weighted by Gasteiger charge is 2.27. The number of likely N-dealkylation sites (tertiary alicyclic amines) is 2. The van der Waals surface area contributed by atoms with Gasteiger partial charge in [-0.3, -0.25) is 9.80 Å². The highest BCUT2D eigenvalue weighted by molar-refractivity contribution is 6.03. The molecule has 0 bridgehead atoms. The molecule has 14 rings (SSSR count). The van der Waals surface area contributed by atoms with Crippen LogP contribution < -0.4 is 28.4 Å². The Labute approximate surface area is 696 Å². The number of allylic oxidation sites excluding steroid dienone is 3. The highest BCUT2D eigenvalue weighted by atomic mass is 16.5. The second kappa shape index (κ2) is 46.1. The molecule has 2 heterocycles. The topological polar surface area (TPSA) is 74.8 Å². The summed E-state index contributed by atoms with van der Waals surface area (Å²) in [6, 6.07) is 78.7. The van der Waals surface area contributed by atoms with Crippen molar-refractivity contribution in [2.45, 2.75) is 130 Å². The Bertz CT molecular complexity index is 4500. The number of fused-ring (bicyclic) bond motifs is 3. The maximum Gasteiger partial charge on any atom is 0.119 e. The Morgan fingerprint density at radius 3 is 0.853 bits per heavy atom. The molecule has 2 fully saturated rings. The standard InChI is InChI=1S/C38H48N2O2.C34H44N2O2.C32H40N2O2/c1-2-9-23-39(22-8-1)26-28-41-34-17-14-32(15-18-34)38-36(31-12-6-5-7-13-31)20-16-33-30-35(19-21-37(33)38)42-29-27-40-24-10-3-4-11-25-40;1-5-35(6-2)22-24-37-30-17-14-28(15-18-30)34-32(27-12-10-9-11-13-27)20-16-29-26-31(19-21-33(29)34)38-25-23-36(7-3)8-4;1-33(2)20-8-22-35-28-15-12-26(13-16-28)32-30(25-10-6-5-7-11-25)18-14-27-24-29(17-19-31(27)32)36-23-9-21-34(3)4/h5-7,12-15,17-19,21,30H,1-4,8-11,16,20,22-29H2;9-15,17-19,21,26H,5-8,16,20,22-25H2,1-4H3;5-7,10-13,15-17,19,24H,8-9,14,18,20-23H2,1-4H3. The minimum absolute atomic E-state index is 0.707. The van der Waals surface area contributed by atoms with Crippen LogP contribution in [0.5, 0.6) is 34.5 Å². The Hall–Kier alpha value is -9.24. The summed E-state index contributed by atoms with van der Waals surface area (Å²) < 4.78 is 36.8. The third kappa shape index (κ3) is 25.4. The van der Waals surface area contributed by atoms with Gasteiger partial charge in [0.25, 0.3) is 0 Å². The van der Waals surface area contributed by atoms with E-state index in [4.69, 9.17) is 28.4 Å². The lowest BCUT2D eigenvalue weighted by atomic mass is 9.79. The van der Waals surface area contributed by atoms with Gasteiger partial charge in [0.15, 0.2) is 0 Å². The van der Waals surface area contributed by atoms with E-state index in [2.05, 4.69) is 304 Å². The molecule has 0 saturated carbocycles. The van der Waals surface area contributed by atoms with Crippen molar-refractivity contribution in [3.63, 3.8) is 0 Å². The van der Waals surface area contributed by atoms with Crippen LogP contribution >= 0.6 is 0 Å². The van der Waals surface area contributed by atoms with E-state index in [-0.39, 0.29) is 0 Å². The molecule has 2 aliphatic heterocycles. The van der Waals surface area contributed by atoms with Crippen molar-refractivity contribution in [1.82, 2.24) is 29.4 Å². The van der Waals surface area contributed by atoms with Gasteiger partial charge in [-0.2, -0.15) is 0 Å². The number of hydrogen-bond acceptors (Lipinski definition) is 12. The molecule has 9 aromatic carbocycles. The van der Waals surface area contributed by atoms with Crippen LogP contribution in [0.1, 0.15) is 178 Å². The SMILES string of the molecule is CCN(CC)CCOc1ccc(C2=C(c3ccccc3)CCc3cc(OCCN(CC)CC)ccc32)cc1.CN(C)CCCOc1ccc(C2=C(c3ccccc3)CCc3cc(OCCCN(C)C)ccc32)cc1.c1ccc(C2=C(c3ccc(OCCN4CCCCCC4)cc3)c3ccc(OCCN4CCCCCC4)cc3CC2)cc1. The van der Waals surface area contributed by atoms with Gasteiger partial charge in [0.05, 0.1) is 13.2 Å². The van der Waals surface area contributed by atoms with Gasteiger partial charge >= 0.3 is 0 Å². The van der Waals surface area contributed by atoms with Crippen LogP contribution in [0.25, 0.3) is 33.4 Å². The summed E-state index contributed by atoms with van der Waals surface area (Å²) in [5, 5.41) is 0. The van der Waals surface area contributed by atoms with Crippen LogP contribution in [-0.4, -0.2) is 189 Å². The second-order valence-electron chi connectivity index (χ2n) is 32.2. The Morgan fingerprint density at radius 2 is 0.543 bits per heavy atom. The Morgan fingerprint density at radius 1 is 0.267 bits per heavy atom. The number of aryl methyl sites for hydroxylation is 3. The number of benzene rings is 9. The van der Waals surface area contributed by atoms with Gasteiger partial charge in [-0.25, -0.2) is 0 Å². The van der Waals surface area contributed by atoms with E-state index in [1.165, 1.54) is 178 Å². The molecule has 0 aromatic heterocycles. The lowest BCUT2D eigenvalue weighted by molar-refractivity contribution is 0.214. The minimum atomic E-state index is 0.707. The predicted octanol–water partition coefficient (Wildman–Crippen LogP) is 21.4. The van der Waals surface area contributed by atoms with Crippen molar-refractivity contribution in [3.05, 3.63) is 285 Å². The first-order valence-electron chi connectivity index (χ1n) is 44.0. The van der Waals surface area contributed by atoms with Gasteiger partial charge in [0.2, 0.25) is 0 Å². The minimum Gasteiger partial charge on any atom is -0.494 e. The molecular weight excluding hydrogens is 1430 g/mol. The molecule has 0 radical (unpaired) electrons. The van der Waals surface area contributed by atoms with Crippen LogP contribution in [0.2, 0.25) is 0 Å². The summed E-state index contributed by atoms with van der Waals surface area (Å²) in [5.74, 6) is 5.75. The smallest absolute Gasteiger partial charge is 0.119 e. The summed E-state index contributed by atoms with van der Waals surface area (Å²) in [4.78, 5) is 14.3. The maximum absolute atomic E-state index is 6.29. The van der Waals surface area contributed by atoms with E-state index in [1.54, 1.807) is 0 Å². The summed E-state index contributed by atoms with van der Waals surface area (Å²) in [5.41, 5.74) is 23.9. The van der Waals surface area contributed by atoms with Gasteiger partial charge in [-0.05, 0) is 331 Å². The van der Waals surface area contributed by atoms with Crippen molar-refractivity contribution < 1.29 is 28.4 Å². The summed E-state index contributed by atoms with van der Waals surface area (Å²) in [7, 11) is 8.38. The van der Waals surface area contributed by atoms with Gasteiger partial charge < -0.3 is 48.0 Å². The van der Waals surface area contributed by atoms with Crippen molar-refractivity contribution in [1.29, 1.82) is 0 Å². The molecule has 116 heavy (non-hydrogen) atoms. The zero-order valence-electron chi connectivity index (χ0n) is 71.4. The molecule has 5 aliphatic rings. The van der Waals surface area contributed by atoms with E-state index in [0.717, 1.165) is 178 Å². The number of nitrogens with zero attached hydrogens (tertiary/aromatic N) is 6. The van der Waals surface area contributed by atoms with Crippen molar-refractivity contribution >= 4 is 33.4 Å². The number of likely N-dealkylation sites (N-methyl/N-ethyl adjacent to an activating group) is 2. The van der Waals surface area contributed by atoms with Crippen LogP contribution in [0, 0.1) is 0 Å². The van der Waals surface area contributed by atoms with Crippen LogP contribution in [0.4, 0.5) is 0 Å². The molecule has 2 saturated heterocycles. The molecule has 0 unspecified atom stereocenters. The maximum atomic E-state index is 6.29. The largest absolute Gasteiger partial charge is 0.494 e. The van der Waals surface area contributed by atoms with Gasteiger partial charge in [-0.1, -0.05) is 199 Å². The molecule has 3 aliphatic carbocycles. The fourth-order valence-corrected chi connectivity index (χ4v) is 17.0. The third-order valence-electron chi connectivity index (χ3n) is 23.6. The van der Waals surface area contributed by atoms with Crippen molar-refractivity contribution in [2.75, 3.05) is 159 Å². The first-order chi connectivity index (χ1) is 57.0. The molecule has 0 N–H and O–H groups in total. The summed E-state index contributed by atoms with van der Waals surface area (Å²) in [6.07, 6.45) is 18.9. The summed E-state index contributed by atoms with van der Waals surface area (Å²) in [6.45, 7) is 28.3. The normalized spacial score (nSPS) is 15.2. The van der Waals surface area contributed by atoms with Crippen LogP contribution in [0.15, 0.2) is 218 Å². The number of hydrogen-bond donors (Lipinski definition) is 0. The zero-order chi connectivity index (χ0) is 80.5. The average molecular weight is 1560 g/mol. The lowest BCUT2D eigenvalue weighted by Gasteiger charge is -2.26. The quantitative estimate of drug-likeness (QED) is 0.0351. The van der Waals surface area contributed by atoms with E-state index >= 15 is 0 Å². The average Bonchev–Trinajstić information content (AvgIpc) is 0.789.